The lowest BCUT2D eigenvalue weighted by Gasteiger charge is -2.42. The van der Waals surface area contributed by atoms with E-state index < -0.39 is 97.2 Å². The molecule has 2 fully saturated rings. The number of hydrogen-bond donors (Lipinski definition) is 3. The first kappa shape index (κ1) is 31.3. The second-order valence-corrected chi connectivity index (χ2v) is 11.1. The number of halogens is 4. The van der Waals surface area contributed by atoms with Crippen LogP contribution in [0.1, 0.15) is 66.2 Å². The van der Waals surface area contributed by atoms with E-state index >= 15 is 0 Å². The summed E-state index contributed by atoms with van der Waals surface area (Å²) in [6.07, 6.45) is -2.35. The minimum Gasteiger partial charge on any atom is -0.453 e. The summed E-state index contributed by atoms with van der Waals surface area (Å²) in [6, 6.07) is -4.73. The Morgan fingerprint density at radius 1 is 1.03 bits per heavy atom. The van der Waals surface area contributed by atoms with Gasteiger partial charge in [-0.25, -0.2) is 22.4 Å². The van der Waals surface area contributed by atoms with Gasteiger partial charge in [0.15, 0.2) is 0 Å². The average Bonchev–Trinajstić information content (AvgIpc) is 3.60. The van der Waals surface area contributed by atoms with Crippen molar-refractivity contribution in [3.63, 3.8) is 0 Å². The molecule has 0 spiro atoms. The number of Topliss-reactive ketones (excluding diaryl/α,β-unsaturated/α-hetero) is 1. The maximum absolute atomic E-state index is 14.4. The van der Waals surface area contributed by atoms with Gasteiger partial charge in [-0.15, -0.1) is 0 Å². The third-order valence-corrected chi connectivity index (χ3v) is 6.35. The number of ketones is 1. The van der Waals surface area contributed by atoms with Crippen molar-refractivity contribution in [2.45, 2.75) is 102 Å². The molecule has 3 atom stereocenters. The van der Waals surface area contributed by atoms with Gasteiger partial charge in [0.2, 0.25) is 23.5 Å². The Bertz CT molecular complexity index is 930. The van der Waals surface area contributed by atoms with Crippen molar-refractivity contribution in [2.24, 2.45) is 5.41 Å². The number of carbonyl (C=O) groups excluding carboxylic acids is 5. The number of piperidine rings is 1. The molecular weight excluding hydrogens is 516 g/mol. The molecule has 1 aliphatic carbocycles. The number of hydrogen-bond acceptors (Lipinski definition) is 6. The fourth-order valence-electron chi connectivity index (χ4n) is 4.01. The molecule has 3 N–H and O–H groups in total. The van der Waals surface area contributed by atoms with Crippen LogP contribution >= 0.6 is 0 Å². The van der Waals surface area contributed by atoms with E-state index in [2.05, 4.69) is 20.7 Å². The standard InChI is InChI=1S/C24H36F4N4O6/c1-22(2,3)17(31-21(37)38-5)20(36)32-12-24(27,28)11-9-15(32)18(34)30-14(8-10-23(4,25)26)16(33)19(35)29-13-6-7-13/h13-15,17H,6-12H2,1-5H3,(H,29,35)(H,30,34)(H,31,37)/t14-,15-,17+/m0/s1. The summed E-state index contributed by atoms with van der Waals surface area (Å²) >= 11 is 0. The molecule has 1 saturated carbocycles. The molecule has 38 heavy (non-hydrogen) atoms. The Balaban J connectivity index is 2.31. The molecule has 1 heterocycles. The first-order chi connectivity index (χ1) is 17.3. The molecule has 2 aliphatic rings. The average molecular weight is 553 g/mol. The molecular formula is C24H36F4N4O6. The number of ether oxygens (including phenoxy) is 1. The van der Waals surface area contributed by atoms with E-state index in [1.54, 1.807) is 20.8 Å². The van der Waals surface area contributed by atoms with E-state index in [-0.39, 0.29) is 6.04 Å². The van der Waals surface area contributed by atoms with E-state index in [0.717, 1.165) is 7.11 Å². The second kappa shape index (κ2) is 11.9. The normalized spacial score (nSPS) is 21.1. The summed E-state index contributed by atoms with van der Waals surface area (Å²) in [6.45, 7) is 4.18. The van der Waals surface area contributed by atoms with Crippen molar-refractivity contribution in [3.8, 4) is 0 Å². The number of methoxy groups -OCH3 is 1. The van der Waals surface area contributed by atoms with Crippen molar-refractivity contribution in [2.75, 3.05) is 13.7 Å². The summed E-state index contributed by atoms with van der Waals surface area (Å²) in [5.74, 6) is -10.8. The van der Waals surface area contributed by atoms with Crippen LogP contribution in [0.4, 0.5) is 22.4 Å². The molecule has 4 amide bonds. The van der Waals surface area contributed by atoms with Crippen molar-refractivity contribution in [3.05, 3.63) is 0 Å². The Labute approximate surface area is 218 Å². The lowest BCUT2D eigenvalue weighted by molar-refractivity contribution is -0.158. The number of carbonyl (C=O) groups is 5. The highest BCUT2D eigenvalue weighted by Crippen LogP contribution is 2.33. The van der Waals surface area contributed by atoms with Crippen LogP contribution in [0.2, 0.25) is 0 Å². The lowest BCUT2D eigenvalue weighted by atomic mass is 9.84. The fraction of sp³-hybridized carbons (Fsp3) is 0.792. The van der Waals surface area contributed by atoms with Crippen LogP contribution in [0.5, 0.6) is 0 Å². The number of alkyl halides is 4. The molecule has 0 unspecified atom stereocenters. The van der Waals surface area contributed by atoms with E-state index in [1.807, 2.05) is 0 Å². The zero-order chi connectivity index (χ0) is 29.1. The third kappa shape index (κ3) is 9.12. The van der Waals surface area contributed by atoms with E-state index in [4.69, 9.17) is 0 Å². The molecule has 0 radical (unpaired) electrons. The van der Waals surface area contributed by atoms with Gasteiger partial charge >= 0.3 is 6.09 Å². The Morgan fingerprint density at radius 3 is 2.13 bits per heavy atom. The van der Waals surface area contributed by atoms with Crippen LogP contribution in [0.15, 0.2) is 0 Å². The molecule has 2 rings (SSSR count). The van der Waals surface area contributed by atoms with Crippen LogP contribution < -0.4 is 16.0 Å². The molecule has 216 valence electrons. The van der Waals surface area contributed by atoms with Crippen LogP contribution in [-0.2, 0) is 23.9 Å². The van der Waals surface area contributed by atoms with Crippen LogP contribution in [0.3, 0.4) is 0 Å². The van der Waals surface area contributed by atoms with E-state index in [0.29, 0.717) is 24.7 Å². The maximum atomic E-state index is 14.4. The largest absolute Gasteiger partial charge is 0.453 e. The lowest BCUT2D eigenvalue weighted by Crippen LogP contribution is -2.64. The molecule has 0 aromatic heterocycles. The summed E-state index contributed by atoms with van der Waals surface area (Å²) in [7, 11) is 1.06. The van der Waals surface area contributed by atoms with Gasteiger partial charge in [0, 0.05) is 18.9 Å². The van der Waals surface area contributed by atoms with Gasteiger partial charge < -0.3 is 25.6 Å². The second-order valence-electron chi connectivity index (χ2n) is 11.1. The van der Waals surface area contributed by atoms with Crippen molar-refractivity contribution >= 4 is 29.6 Å². The van der Waals surface area contributed by atoms with Gasteiger partial charge in [0.1, 0.15) is 12.1 Å². The number of likely N-dealkylation sites (tertiary alicyclic amines) is 1. The summed E-state index contributed by atoms with van der Waals surface area (Å²) < 4.78 is 60.4. The minimum atomic E-state index is -3.34. The number of amides is 4. The zero-order valence-corrected chi connectivity index (χ0v) is 22.2. The topological polar surface area (TPSA) is 134 Å². The van der Waals surface area contributed by atoms with Gasteiger partial charge in [0.25, 0.3) is 11.8 Å². The number of alkyl carbamates (subject to hydrolysis) is 1. The Morgan fingerprint density at radius 2 is 1.63 bits per heavy atom. The van der Waals surface area contributed by atoms with Crippen molar-refractivity contribution < 1.29 is 46.3 Å². The molecule has 1 saturated heterocycles. The van der Waals surface area contributed by atoms with Gasteiger partial charge in [-0.3, -0.25) is 19.2 Å². The minimum absolute atomic E-state index is 0.208. The predicted octanol–water partition coefficient (Wildman–Crippen LogP) is 2.15. The summed E-state index contributed by atoms with van der Waals surface area (Å²) in [5.41, 5.74) is -0.981. The van der Waals surface area contributed by atoms with E-state index in [1.165, 1.54) is 0 Å². The van der Waals surface area contributed by atoms with Gasteiger partial charge in [-0.05, 0) is 38.0 Å². The fourth-order valence-corrected chi connectivity index (χ4v) is 4.01. The number of nitrogens with zero attached hydrogens (tertiary/aromatic N) is 1. The Kier molecular flexibility index (Phi) is 9.76. The summed E-state index contributed by atoms with van der Waals surface area (Å²) in [4.78, 5) is 64.1. The predicted molar refractivity (Wildman–Crippen MR) is 126 cm³/mol. The van der Waals surface area contributed by atoms with Crippen molar-refractivity contribution in [1.82, 2.24) is 20.9 Å². The molecule has 0 aromatic carbocycles. The van der Waals surface area contributed by atoms with Gasteiger partial charge in [-0.1, -0.05) is 20.8 Å². The van der Waals surface area contributed by atoms with Gasteiger partial charge in [0.05, 0.1) is 19.7 Å². The molecule has 10 nitrogen and oxygen atoms in total. The SMILES string of the molecule is COC(=O)N[C@H](C(=O)N1CC(F)(F)CC[C@H]1C(=O)N[C@@H](CCC(C)(F)F)C(=O)C(=O)NC1CC1)C(C)(C)C. The first-order valence-corrected chi connectivity index (χ1v) is 12.4. The highest BCUT2D eigenvalue weighted by molar-refractivity contribution is 6.38. The zero-order valence-electron chi connectivity index (χ0n) is 22.2. The number of rotatable bonds is 10. The smallest absolute Gasteiger partial charge is 0.407 e. The molecule has 1 aliphatic heterocycles. The van der Waals surface area contributed by atoms with Gasteiger partial charge in [-0.2, -0.15) is 0 Å². The number of nitrogens with one attached hydrogen (secondary N) is 3. The highest BCUT2D eigenvalue weighted by atomic mass is 19.3. The molecule has 0 bridgehead atoms. The third-order valence-electron chi connectivity index (χ3n) is 6.35. The first-order valence-electron chi connectivity index (χ1n) is 12.4. The van der Waals surface area contributed by atoms with Crippen LogP contribution in [0.25, 0.3) is 0 Å². The molecule has 14 heteroatoms. The van der Waals surface area contributed by atoms with Crippen LogP contribution in [-0.4, -0.2) is 84.2 Å². The summed E-state index contributed by atoms with van der Waals surface area (Å²) in [5, 5.41) is 6.98. The quantitative estimate of drug-likeness (QED) is 0.281. The van der Waals surface area contributed by atoms with Crippen LogP contribution in [0, 0.1) is 5.41 Å². The molecule has 0 aromatic rings. The Hall–Kier alpha value is -2.93. The monoisotopic (exact) mass is 552 g/mol. The highest BCUT2D eigenvalue weighted by Gasteiger charge is 2.49. The van der Waals surface area contributed by atoms with E-state index in [9.17, 15) is 41.5 Å². The maximum Gasteiger partial charge on any atom is 0.407 e. The van der Waals surface area contributed by atoms with Crippen molar-refractivity contribution in [1.29, 1.82) is 0 Å².